The van der Waals surface area contributed by atoms with Gasteiger partial charge in [0.05, 0.1) is 8.07 Å². The molecule has 0 unspecified atom stereocenters. The van der Waals surface area contributed by atoms with Gasteiger partial charge in [0.1, 0.15) is 0 Å². The number of hydrogen-bond donors (Lipinski definition) is 0. The second-order valence-electron chi connectivity index (χ2n) is 3.54. The monoisotopic (exact) mass is 344 g/mol. The molecule has 0 fully saturated rings. The molecular weight excluding hydrogens is 331 g/mol. The molecule has 0 bridgehead atoms. The van der Waals surface area contributed by atoms with E-state index in [1.165, 1.54) is 5.19 Å². The quantitative estimate of drug-likeness (QED) is 0.684. The standard InChI is InChI=1S/C9H13Si.Pt/c1-10(2,3)9-7-5-4-6-8-9;/h5-8H,1-3H3;. The van der Waals surface area contributed by atoms with Crippen LogP contribution in [0.4, 0.5) is 0 Å². The van der Waals surface area contributed by atoms with Gasteiger partial charge >= 0.3 is 0 Å². The van der Waals surface area contributed by atoms with Crippen LogP contribution in [0.25, 0.3) is 0 Å². The summed E-state index contributed by atoms with van der Waals surface area (Å²) in [6, 6.07) is 11.4. The Labute approximate surface area is 84.3 Å². The van der Waals surface area contributed by atoms with Crippen LogP contribution < -0.4 is 5.19 Å². The third-order valence-corrected chi connectivity index (χ3v) is 3.65. The fourth-order valence-corrected chi connectivity index (χ4v) is 2.05. The zero-order valence-corrected chi connectivity index (χ0v) is 10.4. The van der Waals surface area contributed by atoms with Crippen molar-refractivity contribution in [1.82, 2.24) is 0 Å². The first-order chi connectivity index (χ1) is 4.61. The molecule has 0 aromatic heterocycles. The van der Waals surface area contributed by atoms with E-state index in [0.717, 1.165) is 0 Å². The zero-order valence-electron chi connectivity index (χ0n) is 7.13. The average molecular weight is 344 g/mol. The Bertz CT molecular complexity index is 201. The van der Waals surface area contributed by atoms with Crippen molar-refractivity contribution in [3.05, 3.63) is 30.3 Å². The van der Waals surface area contributed by atoms with Crippen LogP contribution in [0.15, 0.2) is 24.3 Å². The van der Waals surface area contributed by atoms with E-state index in [4.69, 9.17) is 0 Å². The summed E-state index contributed by atoms with van der Waals surface area (Å²) >= 11 is 0. The van der Waals surface area contributed by atoms with Gasteiger partial charge in [-0.1, -0.05) is 49.1 Å². The van der Waals surface area contributed by atoms with Gasteiger partial charge in [-0.25, -0.2) is 0 Å². The van der Waals surface area contributed by atoms with Gasteiger partial charge < -0.3 is 0 Å². The second-order valence-corrected chi connectivity index (χ2v) is 8.62. The van der Waals surface area contributed by atoms with E-state index >= 15 is 0 Å². The van der Waals surface area contributed by atoms with E-state index in [9.17, 15) is 0 Å². The van der Waals surface area contributed by atoms with Gasteiger partial charge in [0, 0.05) is 21.1 Å². The van der Waals surface area contributed by atoms with Crippen molar-refractivity contribution in [3.8, 4) is 0 Å². The average Bonchev–Trinajstić information content (AvgIpc) is 1.88. The van der Waals surface area contributed by atoms with Crippen molar-refractivity contribution in [2.45, 2.75) is 19.6 Å². The van der Waals surface area contributed by atoms with Crippen LogP contribution in [-0.2, 0) is 21.1 Å². The van der Waals surface area contributed by atoms with Crippen LogP contribution in [0.2, 0.25) is 19.6 Å². The van der Waals surface area contributed by atoms with Gasteiger partial charge in [0.15, 0.2) is 0 Å². The van der Waals surface area contributed by atoms with Gasteiger partial charge in [-0.2, -0.15) is 0 Å². The summed E-state index contributed by atoms with van der Waals surface area (Å²) in [7, 11) is -1.05. The minimum atomic E-state index is -1.05. The zero-order chi connectivity index (χ0) is 7.61. The van der Waals surface area contributed by atoms with Gasteiger partial charge in [-0.15, -0.1) is 0 Å². The summed E-state index contributed by atoms with van der Waals surface area (Å²) in [6.45, 7) is 7.05. The summed E-state index contributed by atoms with van der Waals surface area (Å²) in [5.74, 6) is 0. The Kier molecular flexibility index (Phi) is 4.27. The molecule has 0 atom stereocenters. The molecule has 0 aliphatic heterocycles. The van der Waals surface area contributed by atoms with E-state index in [1.54, 1.807) is 0 Å². The molecule has 1 aromatic rings. The molecule has 11 heavy (non-hydrogen) atoms. The van der Waals surface area contributed by atoms with Gasteiger partial charge in [0.2, 0.25) is 0 Å². The van der Waals surface area contributed by atoms with E-state index < -0.39 is 8.07 Å². The number of benzene rings is 1. The molecule has 0 saturated heterocycles. The van der Waals surface area contributed by atoms with E-state index in [2.05, 4.69) is 37.8 Å². The topological polar surface area (TPSA) is 0 Å². The third-order valence-electron chi connectivity index (χ3n) is 1.58. The molecule has 0 nitrogen and oxygen atoms in total. The van der Waals surface area contributed by atoms with Crippen molar-refractivity contribution >= 4 is 13.3 Å². The molecule has 63 valence electrons. The summed E-state index contributed by atoms with van der Waals surface area (Å²) in [5.41, 5.74) is 0. The molecule has 1 aromatic carbocycles. The molecule has 2 heteroatoms. The van der Waals surface area contributed by atoms with Crippen LogP contribution in [0.1, 0.15) is 0 Å². The van der Waals surface area contributed by atoms with Crippen LogP contribution in [0.3, 0.4) is 0 Å². The maximum absolute atomic E-state index is 3.03. The summed E-state index contributed by atoms with van der Waals surface area (Å²) in [6.07, 6.45) is 0. The molecule has 0 spiro atoms. The Morgan fingerprint density at radius 1 is 1.09 bits per heavy atom. The van der Waals surface area contributed by atoms with E-state index in [-0.39, 0.29) is 21.1 Å². The Morgan fingerprint density at radius 2 is 1.55 bits per heavy atom. The first kappa shape index (κ1) is 11.1. The molecule has 1 radical (unpaired) electrons. The van der Waals surface area contributed by atoms with Crippen molar-refractivity contribution < 1.29 is 21.1 Å². The van der Waals surface area contributed by atoms with Crippen LogP contribution in [0, 0.1) is 6.07 Å². The first-order valence-corrected chi connectivity index (χ1v) is 7.07. The van der Waals surface area contributed by atoms with Gasteiger partial charge in [0.25, 0.3) is 0 Å². The van der Waals surface area contributed by atoms with Crippen LogP contribution in [-0.4, -0.2) is 8.07 Å². The molecule has 1 rings (SSSR count). The van der Waals surface area contributed by atoms with Gasteiger partial charge in [-0.3, -0.25) is 0 Å². The van der Waals surface area contributed by atoms with Crippen molar-refractivity contribution in [2.75, 3.05) is 0 Å². The molecule has 0 amide bonds. The second kappa shape index (κ2) is 4.23. The third kappa shape index (κ3) is 3.35. The minimum Gasteiger partial charge on any atom is -0.0656 e. The predicted molar refractivity (Wildman–Crippen MR) is 48.3 cm³/mol. The van der Waals surface area contributed by atoms with Crippen LogP contribution in [0.5, 0.6) is 0 Å². The Hall–Kier alpha value is 0.125. The predicted octanol–water partition coefficient (Wildman–Crippen LogP) is 2.03. The summed E-state index contributed by atoms with van der Waals surface area (Å²) < 4.78 is 0. The Balaban J connectivity index is 0.000001000. The maximum Gasteiger partial charge on any atom is 0.0775 e. The molecule has 0 N–H and O–H groups in total. The van der Waals surface area contributed by atoms with Crippen LogP contribution >= 0.6 is 0 Å². The van der Waals surface area contributed by atoms with Gasteiger partial charge in [-0.05, 0) is 6.07 Å². The first-order valence-electron chi connectivity index (χ1n) is 3.57. The number of rotatable bonds is 1. The van der Waals surface area contributed by atoms with Crippen molar-refractivity contribution in [3.63, 3.8) is 0 Å². The summed E-state index contributed by atoms with van der Waals surface area (Å²) in [5, 5.41) is 1.51. The molecule has 0 heterocycles. The largest absolute Gasteiger partial charge is 0.0775 e. The minimum absolute atomic E-state index is 0. The molecule has 0 aliphatic carbocycles. The number of hydrogen-bond acceptors (Lipinski definition) is 0. The smallest absolute Gasteiger partial charge is 0.0656 e. The Morgan fingerprint density at radius 3 is 1.82 bits per heavy atom. The fraction of sp³-hybridized carbons (Fsp3) is 0.333. The fourth-order valence-electron chi connectivity index (χ4n) is 0.887. The van der Waals surface area contributed by atoms with Crippen molar-refractivity contribution in [1.29, 1.82) is 0 Å². The van der Waals surface area contributed by atoms with Crippen molar-refractivity contribution in [2.24, 2.45) is 0 Å². The maximum atomic E-state index is 3.03. The molecule has 0 saturated carbocycles. The SMILES string of the molecule is C[Si](C)(C)c1cc[c]cc1.[Pt]. The molecule has 0 aliphatic rings. The van der Waals surface area contributed by atoms with E-state index in [0.29, 0.717) is 0 Å². The normalized spacial score (nSPS) is 10.5. The summed E-state index contributed by atoms with van der Waals surface area (Å²) in [4.78, 5) is 0. The van der Waals surface area contributed by atoms with E-state index in [1.807, 2.05) is 12.1 Å². The molecular formula is C9H13PtSi.